The van der Waals surface area contributed by atoms with Gasteiger partial charge in [0.05, 0.1) is 7.11 Å². The van der Waals surface area contributed by atoms with Gasteiger partial charge in [0.2, 0.25) is 6.39 Å². The molecule has 1 amide bonds. The third-order valence-corrected chi connectivity index (χ3v) is 3.53. The predicted octanol–water partition coefficient (Wildman–Crippen LogP) is 0.475. The number of carbonyl (C=O) groups excluding carboxylic acids is 1. The summed E-state index contributed by atoms with van der Waals surface area (Å²) in [5, 5.41) is 7.44. The fraction of sp³-hybridized carbons (Fsp3) is 0.300. The normalized spacial score (nSPS) is 10.4. The summed E-state index contributed by atoms with van der Waals surface area (Å²) in [6.07, 6.45) is 1.84. The van der Waals surface area contributed by atoms with Crippen molar-refractivity contribution in [1.82, 2.24) is 10.1 Å². The molecule has 0 aliphatic carbocycles. The number of aromatic nitrogens is 2. The SMILES string of the molecule is COc1c(NCCc2ncon2)sc(C(N)=O)c1N. The van der Waals surface area contributed by atoms with E-state index in [-0.39, 0.29) is 10.6 Å². The Hall–Kier alpha value is -2.29. The van der Waals surface area contributed by atoms with Crippen molar-refractivity contribution in [3.63, 3.8) is 0 Å². The highest BCUT2D eigenvalue weighted by Crippen LogP contribution is 2.42. The van der Waals surface area contributed by atoms with E-state index in [0.29, 0.717) is 29.5 Å². The zero-order valence-corrected chi connectivity index (χ0v) is 11.0. The number of hydrogen-bond donors (Lipinski definition) is 3. The van der Waals surface area contributed by atoms with Gasteiger partial charge in [0.15, 0.2) is 11.6 Å². The molecular formula is C10H13N5O3S. The molecule has 0 atom stereocenters. The molecular weight excluding hydrogens is 270 g/mol. The summed E-state index contributed by atoms with van der Waals surface area (Å²) in [6.45, 7) is 0.550. The first-order valence-corrected chi connectivity index (χ1v) is 6.20. The second-order valence-corrected chi connectivity index (χ2v) is 4.62. The molecule has 2 aromatic heterocycles. The third kappa shape index (κ3) is 2.76. The number of rotatable bonds is 6. The van der Waals surface area contributed by atoms with Gasteiger partial charge >= 0.3 is 0 Å². The minimum Gasteiger partial charge on any atom is -0.492 e. The lowest BCUT2D eigenvalue weighted by Crippen LogP contribution is -2.10. The van der Waals surface area contributed by atoms with Crippen molar-refractivity contribution in [3.05, 3.63) is 17.1 Å². The van der Waals surface area contributed by atoms with Crippen molar-refractivity contribution in [2.45, 2.75) is 6.42 Å². The van der Waals surface area contributed by atoms with Crippen LogP contribution in [0.1, 0.15) is 15.5 Å². The lowest BCUT2D eigenvalue weighted by atomic mass is 10.3. The third-order valence-electron chi connectivity index (χ3n) is 2.37. The minimum atomic E-state index is -0.577. The fourth-order valence-corrected chi connectivity index (χ4v) is 2.49. The van der Waals surface area contributed by atoms with Crippen molar-refractivity contribution < 1.29 is 14.1 Å². The molecule has 0 spiro atoms. The Balaban J connectivity index is 2.07. The summed E-state index contributed by atoms with van der Waals surface area (Å²) in [5.74, 6) is 0.435. The maximum atomic E-state index is 11.2. The highest BCUT2D eigenvalue weighted by atomic mass is 32.1. The predicted molar refractivity (Wildman–Crippen MR) is 70.3 cm³/mol. The van der Waals surface area contributed by atoms with Gasteiger partial charge in [0.1, 0.15) is 15.6 Å². The number of nitrogens with two attached hydrogens (primary N) is 2. The number of nitrogen functional groups attached to an aromatic ring is 1. The average molecular weight is 283 g/mol. The molecule has 9 heteroatoms. The number of nitrogens with one attached hydrogen (secondary N) is 1. The van der Waals surface area contributed by atoms with Crippen LogP contribution in [0.4, 0.5) is 10.7 Å². The van der Waals surface area contributed by atoms with E-state index in [2.05, 4.69) is 20.0 Å². The van der Waals surface area contributed by atoms with Crippen LogP contribution >= 0.6 is 11.3 Å². The molecule has 0 saturated heterocycles. The molecule has 0 saturated carbocycles. The molecule has 5 N–H and O–H groups in total. The van der Waals surface area contributed by atoms with Crippen molar-refractivity contribution in [2.24, 2.45) is 5.73 Å². The second kappa shape index (κ2) is 5.57. The number of anilines is 2. The number of thiophene rings is 1. The Bertz CT molecular complexity index is 566. The summed E-state index contributed by atoms with van der Waals surface area (Å²) in [4.78, 5) is 15.4. The maximum Gasteiger partial charge on any atom is 0.261 e. The van der Waals surface area contributed by atoms with Crippen LogP contribution in [0, 0.1) is 0 Å². The number of methoxy groups -OCH3 is 1. The van der Waals surface area contributed by atoms with Crippen molar-refractivity contribution in [3.8, 4) is 5.75 Å². The van der Waals surface area contributed by atoms with Crippen molar-refractivity contribution in [1.29, 1.82) is 0 Å². The monoisotopic (exact) mass is 283 g/mol. The Labute approximate surface area is 112 Å². The van der Waals surface area contributed by atoms with Crippen molar-refractivity contribution >= 4 is 27.9 Å². The van der Waals surface area contributed by atoms with E-state index >= 15 is 0 Å². The van der Waals surface area contributed by atoms with Crippen LogP contribution in [0.2, 0.25) is 0 Å². The molecule has 2 aromatic rings. The van der Waals surface area contributed by atoms with Gasteiger partial charge in [0, 0.05) is 13.0 Å². The summed E-state index contributed by atoms with van der Waals surface area (Å²) in [5.41, 5.74) is 11.3. The van der Waals surface area contributed by atoms with Gasteiger partial charge in [-0.25, -0.2) is 0 Å². The van der Waals surface area contributed by atoms with E-state index in [0.717, 1.165) is 11.3 Å². The van der Waals surface area contributed by atoms with Crippen LogP contribution in [-0.2, 0) is 6.42 Å². The summed E-state index contributed by atoms with van der Waals surface area (Å²) in [6, 6.07) is 0. The Morgan fingerprint density at radius 2 is 2.42 bits per heavy atom. The number of carbonyl (C=O) groups is 1. The van der Waals surface area contributed by atoms with E-state index in [9.17, 15) is 4.79 Å². The lowest BCUT2D eigenvalue weighted by molar-refractivity contribution is 0.100. The van der Waals surface area contributed by atoms with Crippen LogP contribution in [0.3, 0.4) is 0 Å². The Morgan fingerprint density at radius 1 is 1.63 bits per heavy atom. The standard InChI is InChI=1S/C10H13N5O3S/c1-17-7-6(11)8(9(12)16)19-10(7)13-3-2-5-14-4-18-15-5/h4,13H,2-3,11H2,1H3,(H2,12,16). The fourth-order valence-electron chi connectivity index (χ4n) is 1.52. The van der Waals surface area contributed by atoms with Crippen LogP contribution in [0.15, 0.2) is 10.9 Å². The Kier molecular flexibility index (Phi) is 3.85. The van der Waals surface area contributed by atoms with Gasteiger partial charge in [-0.15, -0.1) is 11.3 Å². The molecule has 0 aromatic carbocycles. The molecule has 0 fully saturated rings. The minimum absolute atomic E-state index is 0.252. The average Bonchev–Trinajstić information content (AvgIpc) is 2.97. The first-order valence-electron chi connectivity index (χ1n) is 5.38. The molecule has 102 valence electrons. The maximum absolute atomic E-state index is 11.2. The molecule has 2 rings (SSSR count). The van der Waals surface area contributed by atoms with Gasteiger partial charge in [-0.05, 0) is 0 Å². The second-order valence-electron chi connectivity index (χ2n) is 3.60. The number of hydrogen-bond acceptors (Lipinski definition) is 8. The number of primary amides is 1. The molecule has 0 radical (unpaired) electrons. The topological polar surface area (TPSA) is 129 Å². The van der Waals surface area contributed by atoms with E-state index < -0.39 is 5.91 Å². The van der Waals surface area contributed by atoms with Gasteiger partial charge in [-0.3, -0.25) is 4.79 Å². The largest absolute Gasteiger partial charge is 0.492 e. The van der Waals surface area contributed by atoms with Gasteiger partial charge in [-0.2, -0.15) is 4.98 Å². The van der Waals surface area contributed by atoms with Crippen LogP contribution in [0.25, 0.3) is 0 Å². The Morgan fingerprint density at radius 3 is 3.00 bits per heavy atom. The zero-order valence-electron chi connectivity index (χ0n) is 10.2. The van der Waals surface area contributed by atoms with Crippen LogP contribution in [-0.4, -0.2) is 29.7 Å². The molecule has 19 heavy (non-hydrogen) atoms. The van der Waals surface area contributed by atoms with E-state index in [1.165, 1.54) is 13.5 Å². The summed E-state index contributed by atoms with van der Waals surface area (Å²) < 4.78 is 9.78. The highest BCUT2D eigenvalue weighted by Gasteiger charge is 2.19. The van der Waals surface area contributed by atoms with Crippen LogP contribution in [0.5, 0.6) is 5.75 Å². The molecule has 0 unspecified atom stereocenters. The quantitative estimate of drug-likeness (QED) is 0.702. The van der Waals surface area contributed by atoms with Crippen molar-refractivity contribution in [2.75, 3.05) is 24.7 Å². The van der Waals surface area contributed by atoms with E-state index in [4.69, 9.17) is 16.2 Å². The highest BCUT2D eigenvalue weighted by molar-refractivity contribution is 7.19. The van der Waals surface area contributed by atoms with Gasteiger partial charge in [0.25, 0.3) is 5.91 Å². The molecule has 2 heterocycles. The van der Waals surface area contributed by atoms with E-state index in [1.807, 2.05) is 0 Å². The molecule has 8 nitrogen and oxygen atoms in total. The number of ether oxygens (including phenoxy) is 1. The molecule has 0 bridgehead atoms. The molecule has 0 aliphatic heterocycles. The smallest absolute Gasteiger partial charge is 0.261 e. The van der Waals surface area contributed by atoms with Gasteiger partial charge in [-0.1, -0.05) is 5.16 Å². The van der Waals surface area contributed by atoms with E-state index in [1.54, 1.807) is 0 Å². The lowest BCUT2D eigenvalue weighted by Gasteiger charge is -2.05. The number of nitrogens with zero attached hydrogens (tertiary/aromatic N) is 2. The summed E-state index contributed by atoms with van der Waals surface area (Å²) in [7, 11) is 1.48. The molecule has 0 aliphatic rings. The first kappa shape index (κ1) is 13.1. The number of amides is 1. The van der Waals surface area contributed by atoms with Gasteiger partial charge < -0.3 is 26.0 Å². The van der Waals surface area contributed by atoms with Crippen LogP contribution < -0.4 is 21.5 Å². The zero-order chi connectivity index (χ0) is 13.8. The first-order chi connectivity index (χ1) is 9.13. The summed E-state index contributed by atoms with van der Waals surface area (Å²) >= 11 is 1.16.